The summed E-state index contributed by atoms with van der Waals surface area (Å²) >= 11 is 0. The van der Waals surface area contributed by atoms with Gasteiger partial charge in [0.25, 0.3) is 5.91 Å². The van der Waals surface area contributed by atoms with E-state index in [1.54, 1.807) is 30.6 Å². The Kier molecular flexibility index (Phi) is 4.41. The number of nitrogens with zero attached hydrogens (tertiary/aromatic N) is 2. The molecule has 100 valence electrons. The van der Waals surface area contributed by atoms with E-state index in [2.05, 4.69) is 15.3 Å². The minimum Gasteiger partial charge on any atom is -0.396 e. The van der Waals surface area contributed by atoms with Crippen molar-refractivity contribution >= 4 is 16.9 Å². The molecule has 5 nitrogen and oxygen atoms in total. The molecule has 1 aromatic heterocycles. The molecule has 1 aromatic carbocycles. The molecule has 0 aliphatic rings. The average Bonchev–Trinajstić information content (AvgIpc) is 2.44. The number of carbonyl (C=O) groups excluding carboxylic acids is 1. The lowest BCUT2D eigenvalue weighted by Gasteiger charge is -2.11. The SMILES string of the molecule is CC(CCO)CNC(=O)c1ccc2nccnc2c1. The highest BCUT2D eigenvalue weighted by Crippen LogP contribution is 2.11. The number of benzene rings is 1. The number of amides is 1. The molecular weight excluding hydrogens is 242 g/mol. The van der Waals surface area contributed by atoms with Crippen LogP contribution in [0.3, 0.4) is 0 Å². The van der Waals surface area contributed by atoms with Crippen molar-refractivity contribution in [2.45, 2.75) is 13.3 Å². The van der Waals surface area contributed by atoms with Crippen LogP contribution in [0.1, 0.15) is 23.7 Å². The van der Waals surface area contributed by atoms with E-state index in [4.69, 9.17) is 5.11 Å². The van der Waals surface area contributed by atoms with Crippen molar-refractivity contribution in [1.82, 2.24) is 15.3 Å². The molecule has 1 unspecified atom stereocenters. The maximum absolute atomic E-state index is 12.0. The summed E-state index contributed by atoms with van der Waals surface area (Å²) in [6, 6.07) is 5.26. The third-order valence-corrected chi connectivity index (χ3v) is 2.96. The van der Waals surface area contributed by atoms with Crippen LogP contribution in [0.15, 0.2) is 30.6 Å². The lowest BCUT2D eigenvalue weighted by Crippen LogP contribution is -2.28. The molecule has 0 spiro atoms. The Balaban J connectivity index is 2.05. The standard InChI is InChI=1S/C14H17N3O2/c1-10(4-7-18)9-17-14(19)11-2-3-12-13(8-11)16-6-5-15-12/h2-3,5-6,8,10,18H,4,7,9H2,1H3,(H,17,19). The van der Waals surface area contributed by atoms with Gasteiger partial charge in [0.2, 0.25) is 0 Å². The Morgan fingerprint density at radius 2 is 2.05 bits per heavy atom. The monoisotopic (exact) mass is 259 g/mol. The quantitative estimate of drug-likeness (QED) is 0.850. The van der Waals surface area contributed by atoms with E-state index in [0.29, 0.717) is 24.0 Å². The van der Waals surface area contributed by atoms with Gasteiger partial charge in [-0.15, -0.1) is 0 Å². The van der Waals surface area contributed by atoms with Crippen molar-refractivity contribution in [1.29, 1.82) is 0 Å². The van der Waals surface area contributed by atoms with Gasteiger partial charge in [0, 0.05) is 31.1 Å². The first-order valence-electron chi connectivity index (χ1n) is 6.30. The van der Waals surface area contributed by atoms with E-state index in [1.807, 2.05) is 6.92 Å². The first-order chi connectivity index (χ1) is 9.20. The molecule has 0 fully saturated rings. The largest absolute Gasteiger partial charge is 0.396 e. The minimum absolute atomic E-state index is 0.127. The Morgan fingerprint density at radius 1 is 1.32 bits per heavy atom. The van der Waals surface area contributed by atoms with Gasteiger partial charge in [-0.1, -0.05) is 6.92 Å². The van der Waals surface area contributed by atoms with Crippen LogP contribution in [0.2, 0.25) is 0 Å². The zero-order chi connectivity index (χ0) is 13.7. The molecule has 0 aliphatic carbocycles. The normalized spacial score (nSPS) is 12.3. The molecule has 0 radical (unpaired) electrons. The Hall–Kier alpha value is -2.01. The zero-order valence-electron chi connectivity index (χ0n) is 10.8. The second-order valence-corrected chi connectivity index (χ2v) is 4.59. The summed E-state index contributed by atoms with van der Waals surface area (Å²) in [7, 11) is 0. The van der Waals surface area contributed by atoms with Crippen LogP contribution >= 0.6 is 0 Å². The summed E-state index contributed by atoms with van der Waals surface area (Å²) in [6.07, 6.45) is 3.91. The number of carbonyl (C=O) groups is 1. The van der Waals surface area contributed by atoms with Gasteiger partial charge < -0.3 is 10.4 Å². The summed E-state index contributed by atoms with van der Waals surface area (Å²) < 4.78 is 0. The second-order valence-electron chi connectivity index (χ2n) is 4.59. The van der Waals surface area contributed by atoms with Crippen LogP contribution in [0.4, 0.5) is 0 Å². The molecule has 2 rings (SSSR count). The Morgan fingerprint density at radius 3 is 2.79 bits per heavy atom. The molecule has 2 aromatic rings. The van der Waals surface area contributed by atoms with Gasteiger partial charge in [-0.25, -0.2) is 0 Å². The summed E-state index contributed by atoms with van der Waals surface area (Å²) in [5, 5.41) is 11.7. The zero-order valence-corrected chi connectivity index (χ0v) is 10.8. The van der Waals surface area contributed by atoms with Crippen molar-refractivity contribution in [3.05, 3.63) is 36.2 Å². The van der Waals surface area contributed by atoms with E-state index < -0.39 is 0 Å². The second kappa shape index (κ2) is 6.24. The van der Waals surface area contributed by atoms with Crippen LogP contribution in [0, 0.1) is 5.92 Å². The first kappa shape index (κ1) is 13.4. The van der Waals surface area contributed by atoms with Crippen molar-refractivity contribution in [3.63, 3.8) is 0 Å². The highest BCUT2D eigenvalue weighted by atomic mass is 16.3. The molecule has 0 aliphatic heterocycles. The lowest BCUT2D eigenvalue weighted by atomic mass is 10.1. The van der Waals surface area contributed by atoms with Gasteiger partial charge >= 0.3 is 0 Å². The van der Waals surface area contributed by atoms with Gasteiger partial charge in [0.05, 0.1) is 11.0 Å². The third kappa shape index (κ3) is 3.48. The third-order valence-electron chi connectivity index (χ3n) is 2.96. The van der Waals surface area contributed by atoms with E-state index in [0.717, 1.165) is 5.52 Å². The van der Waals surface area contributed by atoms with Crippen molar-refractivity contribution < 1.29 is 9.90 Å². The van der Waals surface area contributed by atoms with Gasteiger partial charge in [-0.2, -0.15) is 0 Å². The van der Waals surface area contributed by atoms with E-state index in [1.165, 1.54) is 0 Å². The van der Waals surface area contributed by atoms with Gasteiger partial charge in [0.1, 0.15) is 0 Å². The van der Waals surface area contributed by atoms with Crippen LogP contribution in [-0.4, -0.2) is 34.1 Å². The van der Waals surface area contributed by atoms with Crippen molar-refractivity contribution in [3.8, 4) is 0 Å². The molecule has 2 N–H and O–H groups in total. The van der Waals surface area contributed by atoms with Gasteiger partial charge in [0.15, 0.2) is 0 Å². The molecule has 19 heavy (non-hydrogen) atoms. The number of hydrogen-bond donors (Lipinski definition) is 2. The maximum Gasteiger partial charge on any atom is 0.251 e. The Labute approximate surface area is 111 Å². The summed E-state index contributed by atoms with van der Waals surface area (Å²) in [6.45, 7) is 2.68. The van der Waals surface area contributed by atoms with Gasteiger partial charge in [-0.3, -0.25) is 14.8 Å². The highest BCUT2D eigenvalue weighted by molar-refractivity contribution is 5.97. The van der Waals surface area contributed by atoms with Crippen LogP contribution < -0.4 is 5.32 Å². The number of aromatic nitrogens is 2. The number of aliphatic hydroxyl groups excluding tert-OH is 1. The molecule has 1 amide bonds. The number of rotatable bonds is 5. The molecular formula is C14H17N3O2. The van der Waals surface area contributed by atoms with Gasteiger partial charge in [-0.05, 0) is 30.5 Å². The molecule has 0 saturated carbocycles. The summed E-state index contributed by atoms with van der Waals surface area (Å²) in [5.41, 5.74) is 2.05. The van der Waals surface area contributed by atoms with Crippen molar-refractivity contribution in [2.24, 2.45) is 5.92 Å². The Bertz CT molecular complexity index is 571. The summed E-state index contributed by atoms with van der Waals surface area (Å²) in [5.74, 6) is 0.131. The number of hydrogen-bond acceptors (Lipinski definition) is 4. The number of nitrogens with one attached hydrogen (secondary N) is 1. The van der Waals surface area contributed by atoms with E-state index >= 15 is 0 Å². The number of aliphatic hydroxyl groups is 1. The highest BCUT2D eigenvalue weighted by Gasteiger charge is 2.08. The van der Waals surface area contributed by atoms with Crippen LogP contribution in [0.5, 0.6) is 0 Å². The molecule has 0 saturated heterocycles. The smallest absolute Gasteiger partial charge is 0.251 e. The molecule has 1 heterocycles. The molecule has 0 bridgehead atoms. The number of fused-ring (bicyclic) bond motifs is 1. The predicted molar refractivity (Wildman–Crippen MR) is 72.7 cm³/mol. The van der Waals surface area contributed by atoms with Crippen LogP contribution in [-0.2, 0) is 0 Å². The lowest BCUT2D eigenvalue weighted by molar-refractivity contribution is 0.0945. The maximum atomic E-state index is 12.0. The van der Waals surface area contributed by atoms with Crippen LogP contribution in [0.25, 0.3) is 11.0 Å². The minimum atomic E-state index is -0.127. The molecule has 1 atom stereocenters. The average molecular weight is 259 g/mol. The fourth-order valence-electron chi connectivity index (χ4n) is 1.80. The predicted octanol–water partition coefficient (Wildman–Crippen LogP) is 1.38. The fourth-order valence-corrected chi connectivity index (χ4v) is 1.80. The fraction of sp³-hybridized carbons (Fsp3) is 0.357. The topological polar surface area (TPSA) is 75.1 Å². The first-order valence-corrected chi connectivity index (χ1v) is 6.30. The van der Waals surface area contributed by atoms with E-state index in [-0.39, 0.29) is 18.4 Å². The summed E-state index contributed by atoms with van der Waals surface area (Å²) in [4.78, 5) is 20.3. The van der Waals surface area contributed by atoms with Crippen molar-refractivity contribution in [2.75, 3.05) is 13.2 Å². The molecule has 5 heteroatoms. The van der Waals surface area contributed by atoms with E-state index in [9.17, 15) is 4.79 Å².